The van der Waals surface area contributed by atoms with E-state index in [0.29, 0.717) is 17.8 Å². The number of fused-ring (bicyclic) bond motifs is 1. The molecular formula is C13H18N2O2. The van der Waals surface area contributed by atoms with Gasteiger partial charge < -0.3 is 14.6 Å². The maximum absolute atomic E-state index is 12.3. The second-order valence-electron chi connectivity index (χ2n) is 4.89. The lowest BCUT2D eigenvalue weighted by Gasteiger charge is -2.44. The van der Waals surface area contributed by atoms with Gasteiger partial charge in [0, 0.05) is 25.2 Å². The summed E-state index contributed by atoms with van der Waals surface area (Å²) in [6, 6.07) is 4.36. The molecule has 0 radical (unpaired) electrons. The third-order valence-corrected chi connectivity index (χ3v) is 3.88. The molecule has 1 amide bonds. The van der Waals surface area contributed by atoms with Crippen molar-refractivity contribution in [2.45, 2.75) is 37.8 Å². The van der Waals surface area contributed by atoms with Gasteiger partial charge in [-0.2, -0.15) is 0 Å². The van der Waals surface area contributed by atoms with Crippen molar-refractivity contribution < 1.29 is 9.21 Å². The molecule has 1 aliphatic carbocycles. The van der Waals surface area contributed by atoms with Crippen molar-refractivity contribution >= 4 is 5.91 Å². The number of rotatable bonds is 1. The van der Waals surface area contributed by atoms with Gasteiger partial charge in [-0.1, -0.05) is 12.8 Å². The fourth-order valence-corrected chi connectivity index (χ4v) is 3.05. The minimum absolute atomic E-state index is 0.0494. The van der Waals surface area contributed by atoms with Crippen molar-refractivity contribution in [1.29, 1.82) is 0 Å². The van der Waals surface area contributed by atoms with E-state index in [1.165, 1.54) is 19.3 Å². The summed E-state index contributed by atoms with van der Waals surface area (Å²) in [5, 5.41) is 3.53. The highest BCUT2D eigenvalue weighted by atomic mass is 16.3. The van der Waals surface area contributed by atoms with Gasteiger partial charge in [-0.3, -0.25) is 4.79 Å². The van der Waals surface area contributed by atoms with Crippen molar-refractivity contribution in [3.8, 4) is 0 Å². The maximum atomic E-state index is 12.3. The van der Waals surface area contributed by atoms with E-state index in [-0.39, 0.29) is 5.91 Å². The Balaban J connectivity index is 1.79. The monoisotopic (exact) mass is 234 g/mol. The van der Waals surface area contributed by atoms with Crippen LogP contribution in [0.1, 0.15) is 36.2 Å². The number of piperazine rings is 1. The Morgan fingerprint density at radius 1 is 1.41 bits per heavy atom. The van der Waals surface area contributed by atoms with Gasteiger partial charge in [0.15, 0.2) is 5.76 Å². The standard InChI is InChI=1S/C13H18N2O2/c16-13(12-6-3-9-17-12)15-8-7-14-10-4-1-2-5-11(10)15/h3,6,9-11,14H,1-2,4-5,7-8H2/t10-,11-/m0/s1. The van der Waals surface area contributed by atoms with E-state index in [1.54, 1.807) is 18.4 Å². The first-order valence-corrected chi connectivity index (χ1v) is 6.44. The fraction of sp³-hybridized carbons (Fsp3) is 0.615. The molecule has 0 bridgehead atoms. The number of carbonyl (C=O) groups is 1. The van der Waals surface area contributed by atoms with Crippen molar-refractivity contribution in [1.82, 2.24) is 10.2 Å². The van der Waals surface area contributed by atoms with Crippen LogP contribution in [0.5, 0.6) is 0 Å². The zero-order valence-electron chi connectivity index (χ0n) is 9.89. The fourth-order valence-electron chi connectivity index (χ4n) is 3.05. The summed E-state index contributed by atoms with van der Waals surface area (Å²) >= 11 is 0. The molecule has 4 heteroatoms. The minimum atomic E-state index is 0.0494. The van der Waals surface area contributed by atoms with Crippen LogP contribution in [0.3, 0.4) is 0 Å². The molecule has 2 heterocycles. The van der Waals surface area contributed by atoms with Crippen LogP contribution in [-0.4, -0.2) is 36.0 Å². The molecule has 92 valence electrons. The van der Waals surface area contributed by atoms with Crippen LogP contribution in [-0.2, 0) is 0 Å². The van der Waals surface area contributed by atoms with Crippen LogP contribution >= 0.6 is 0 Å². The van der Waals surface area contributed by atoms with Crippen molar-refractivity contribution in [3.63, 3.8) is 0 Å². The van der Waals surface area contributed by atoms with Gasteiger partial charge in [0.2, 0.25) is 0 Å². The Bertz CT molecular complexity index is 386. The second-order valence-corrected chi connectivity index (χ2v) is 4.89. The number of amides is 1. The molecule has 4 nitrogen and oxygen atoms in total. The lowest BCUT2D eigenvalue weighted by Crippen LogP contribution is -2.60. The van der Waals surface area contributed by atoms with Gasteiger partial charge >= 0.3 is 0 Å². The molecule has 2 fully saturated rings. The first kappa shape index (κ1) is 10.8. The quantitative estimate of drug-likeness (QED) is 0.803. The molecular weight excluding hydrogens is 216 g/mol. The molecule has 17 heavy (non-hydrogen) atoms. The highest BCUT2D eigenvalue weighted by Crippen LogP contribution is 2.26. The predicted octanol–water partition coefficient (Wildman–Crippen LogP) is 1.64. The first-order valence-electron chi connectivity index (χ1n) is 6.44. The summed E-state index contributed by atoms with van der Waals surface area (Å²) < 4.78 is 5.22. The van der Waals surface area contributed by atoms with Gasteiger partial charge in [0.05, 0.1) is 6.26 Å². The molecule has 3 rings (SSSR count). The van der Waals surface area contributed by atoms with E-state index in [0.717, 1.165) is 19.5 Å². The Labute approximate surface area is 101 Å². The van der Waals surface area contributed by atoms with Crippen molar-refractivity contribution in [2.75, 3.05) is 13.1 Å². The molecule has 1 aromatic heterocycles. The summed E-state index contributed by atoms with van der Waals surface area (Å²) in [4.78, 5) is 14.3. The average Bonchev–Trinajstić information content (AvgIpc) is 2.91. The third kappa shape index (κ3) is 1.97. The molecule has 2 atom stereocenters. The van der Waals surface area contributed by atoms with Crippen LogP contribution in [0, 0.1) is 0 Å². The van der Waals surface area contributed by atoms with E-state index in [2.05, 4.69) is 5.32 Å². The molecule has 2 aliphatic rings. The van der Waals surface area contributed by atoms with Crippen molar-refractivity contribution in [3.05, 3.63) is 24.2 Å². The van der Waals surface area contributed by atoms with Crippen LogP contribution in [0.25, 0.3) is 0 Å². The average molecular weight is 234 g/mol. The highest BCUT2D eigenvalue weighted by molar-refractivity contribution is 5.91. The number of hydrogen-bond acceptors (Lipinski definition) is 3. The molecule has 1 aliphatic heterocycles. The molecule has 0 aromatic carbocycles. The van der Waals surface area contributed by atoms with E-state index < -0.39 is 0 Å². The van der Waals surface area contributed by atoms with E-state index in [4.69, 9.17) is 4.42 Å². The highest BCUT2D eigenvalue weighted by Gasteiger charge is 2.36. The third-order valence-electron chi connectivity index (χ3n) is 3.88. The van der Waals surface area contributed by atoms with Gasteiger partial charge in [-0.25, -0.2) is 0 Å². The lowest BCUT2D eigenvalue weighted by molar-refractivity contribution is 0.0459. The van der Waals surface area contributed by atoms with Gasteiger partial charge in [-0.15, -0.1) is 0 Å². The Hall–Kier alpha value is -1.29. The smallest absolute Gasteiger partial charge is 0.289 e. The van der Waals surface area contributed by atoms with E-state index in [1.807, 2.05) is 4.90 Å². The second kappa shape index (κ2) is 4.53. The Kier molecular flexibility index (Phi) is 2.89. The number of furan rings is 1. The maximum Gasteiger partial charge on any atom is 0.289 e. The van der Waals surface area contributed by atoms with Crippen LogP contribution in [0.4, 0.5) is 0 Å². The summed E-state index contributed by atoms with van der Waals surface area (Å²) in [6.07, 6.45) is 6.37. The number of nitrogens with one attached hydrogen (secondary N) is 1. The van der Waals surface area contributed by atoms with E-state index >= 15 is 0 Å². The van der Waals surface area contributed by atoms with Gasteiger partial charge in [-0.05, 0) is 25.0 Å². The largest absolute Gasteiger partial charge is 0.459 e. The Morgan fingerprint density at radius 3 is 3.12 bits per heavy atom. The van der Waals surface area contributed by atoms with Crippen LogP contribution < -0.4 is 5.32 Å². The molecule has 1 N–H and O–H groups in total. The predicted molar refractivity (Wildman–Crippen MR) is 63.8 cm³/mol. The summed E-state index contributed by atoms with van der Waals surface area (Å²) in [5.41, 5.74) is 0. The summed E-state index contributed by atoms with van der Waals surface area (Å²) in [6.45, 7) is 1.69. The SMILES string of the molecule is O=C(c1ccco1)N1CCN[C@H]2CCCC[C@@H]21. The number of carbonyl (C=O) groups excluding carboxylic acids is 1. The topological polar surface area (TPSA) is 45.5 Å². The normalized spacial score (nSPS) is 28.8. The Morgan fingerprint density at radius 2 is 2.29 bits per heavy atom. The van der Waals surface area contributed by atoms with Crippen LogP contribution in [0.15, 0.2) is 22.8 Å². The zero-order valence-corrected chi connectivity index (χ0v) is 9.89. The first-order chi connectivity index (χ1) is 8.36. The summed E-state index contributed by atoms with van der Waals surface area (Å²) in [7, 11) is 0. The van der Waals surface area contributed by atoms with E-state index in [9.17, 15) is 4.79 Å². The molecule has 0 unspecified atom stereocenters. The van der Waals surface area contributed by atoms with Gasteiger partial charge in [0.1, 0.15) is 0 Å². The lowest BCUT2D eigenvalue weighted by atomic mass is 9.87. The number of nitrogens with zero attached hydrogens (tertiary/aromatic N) is 1. The molecule has 0 spiro atoms. The van der Waals surface area contributed by atoms with Crippen LogP contribution in [0.2, 0.25) is 0 Å². The molecule has 1 aromatic rings. The molecule has 1 saturated carbocycles. The van der Waals surface area contributed by atoms with Gasteiger partial charge in [0.25, 0.3) is 5.91 Å². The molecule has 1 saturated heterocycles. The summed E-state index contributed by atoms with van der Waals surface area (Å²) in [5.74, 6) is 0.518. The number of hydrogen-bond donors (Lipinski definition) is 1. The zero-order chi connectivity index (χ0) is 11.7. The van der Waals surface area contributed by atoms with Crippen molar-refractivity contribution in [2.24, 2.45) is 0 Å². The minimum Gasteiger partial charge on any atom is -0.459 e.